The van der Waals surface area contributed by atoms with Crippen LogP contribution in [0.4, 0.5) is 17.1 Å². The van der Waals surface area contributed by atoms with Gasteiger partial charge in [-0.05, 0) is 50.4 Å². The molecule has 0 unspecified atom stereocenters. The number of carbonyl (C=O) groups excluding carboxylic acids is 2. The van der Waals surface area contributed by atoms with E-state index in [1.807, 2.05) is 37.3 Å². The Bertz CT molecular complexity index is 815. The highest BCUT2D eigenvalue weighted by atomic mass is 16.5. The Hall–Kier alpha value is -3.06. The zero-order valence-corrected chi connectivity index (χ0v) is 16.3. The van der Waals surface area contributed by atoms with Gasteiger partial charge in [-0.2, -0.15) is 0 Å². The summed E-state index contributed by atoms with van der Waals surface area (Å²) in [5, 5.41) is 5.23. The number of benzene rings is 2. The Morgan fingerprint density at radius 3 is 2.25 bits per heavy atom. The molecule has 7 heteroatoms. The Labute approximate surface area is 165 Å². The first-order valence-corrected chi connectivity index (χ1v) is 9.44. The predicted octanol–water partition coefficient (Wildman–Crippen LogP) is 2.41. The molecule has 2 amide bonds. The molecule has 0 aromatic heterocycles. The molecule has 1 heterocycles. The van der Waals surface area contributed by atoms with Gasteiger partial charge in [0.25, 0.3) is 0 Å². The number of hydrogen-bond donors (Lipinski definition) is 2. The van der Waals surface area contributed by atoms with E-state index in [0.717, 1.165) is 31.9 Å². The first kappa shape index (κ1) is 19.7. The van der Waals surface area contributed by atoms with Gasteiger partial charge in [-0.3, -0.25) is 9.59 Å². The predicted molar refractivity (Wildman–Crippen MR) is 111 cm³/mol. The molecule has 0 spiro atoms. The molecule has 1 aliphatic heterocycles. The molecular weight excluding hydrogens is 356 g/mol. The third-order valence-corrected chi connectivity index (χ3v) is 4.63. The second kappa shape index (κ2) is 9.23. The largest absolute Gasteiger partial charge is 0.492 e. The van der Waals surface area contributed by atoms with Gasteiger partial charge < -0.3 is 25.2 Å². The van der Waals surface area contributed by atoms with Gasteiger partial charge in [0, 0.05) is 37.6 Å². The van der Waals surface area contributed by atoms with E-state index < -0.39 is 11.8 Å². The highest BCUT2D eigenvalue weighted by Gasteiger charge is 2.17. The van der Waals surface area contributed by atoms with Crippen LogP contribution in [0.1, 0.15) is 6.92 Å². The van der Waals surface area contributed by atoms with E-state index in [9.17, 15) is 9.59 Å². The maximum atomic E-state index is 12.2. The zero-order chi connectivity index (χ0) is 19.9. The summed E-state index contributed by atoms with van der Waals surface area (Å²) in [6.07, 6.45) is 0. The second-order valence-corrected chi connectivity index (χ2v) is 6.67. The number of para-hydroxylation sites is 2. The fraction of sp³-hybridized carbons (Fsp3) is 0.333. The van der Waals surface area contributed by atoms with Crippen molar-refractivity contribution in [2.24, 2.45) is 0 Å². The summed E-state index contributed by atoms with van der Waals surface area (Å²) in [7, 11) is 2.12. The molecule has 148 valence electrons. The average Bonchev–Trinajstić information content (AvgIpc) is 2.71. The van der Waals surface area contributed by atoms with Crippen LogP contribution in [0, 0.1) is 0 Å². The molecule has 0 saturated carbocycles. The van der Waals surface area contributed by atoms with Gasteiger partial charge in [0.1, 0.15) is 5.75 Å². The van der Waals surface area contributed by atoms with Gasteiger partial charge in [-0.1, -0.05) is 12.1 Å². The van der Waals surface area contributed by atoms with Crippen molar-refractivity contribution >= 4 is 28.9 Å². The maximum absolute atomic E-state index is 12.2. The van der Waals surface area contributed by atoms with Gasteiger partial charge in [-0.25, -0.2) is 0 Å². The van der Waals surface area contributed by atoms with E-state index in [4.69, 9.17) is 4.74 Å². The number of likely N-dealkylation sites (N-methyl/N-ethyl adjacent to an activating group) is 1. The van der Waals surface area contributed by atoms with Crippen molar-refractivity contribution in [1.82, 2.24) is 4.90 Å². The van der Waals surface area contributed by atoms with Crippen LogP contribution in [0.25, 0.3) is 0 Å². The zero-order valence-electron chi connectivity index (χ0n) is 16.3. The number of nitrogens with one attached hydrogen (secondary N) is 2. The summed E-state index contributed by atoms with van der Waals surface area (Å²) in [5.41, 5.74) is 2.16. The topological polar surface area (TPSA) is 73.9 Å². The van der Waals surface area contributed by atoms with Crippen molar-refractivity contribution in [2.75, 3.05) is 55.4 Å². The first-order chi connectivity index (χ1) is 13.6. The highest BCUT2D eigenvalue weighted by molar-refractivity contribution is 6.43. The fourth-order valence-electron chi connectivity index (χ4n) is 3.04. The molecule has 3 rings (SSSR count). The number of anilines is 3. The van der Waals surface area contributed by atoms with E-state index in [2.05, 4.69) is 27.5 Å². The molecule has 0 atom stereocenters. The molecule has 2 N–H and O–H groups in total. The van der Waals surface area contributed by atoms with E-state index in [0.29, 0.717) is 23.7 Å². The molecule has 2 aromatic rings. The van der Waals surface area contributed by atoms with Crippen molar-refractivity contribution < 1.29 is 14.3 Å². The Morgan fingerprint density at radius 1 is 0.929 bits per heavy atom. The van der Waals surface area contributed by atoms with Crippen molar-refractivity contribution in [2.45, 2.75) is 6.92 Å². The molecule has 1 fully saturated rings. The fourth-order valence-corrected chi connectivity index (χ4v) is 3.04. The van der Waals surface area contributed by atoms with Crippen molar-refractivity contribution in [3.63, 3.8) is 0 Å². The molecule has 2 aromatic carbocycles. The van der Waals surface area contributed by atoms with Crippen molar-refractivity contribution in [3.05, 3.63) is 48.5 Å². The lowest BCUT2D eigenvalue weighted by Crippen LogP contribution is -2.44. The second-order valence-electron chi connectivity index (χ2n) is 6.67. The molecule has 1 aliphatic rings. The van der Waals surface area contributed by atoms with Crippen LogP contribution in [0.15, 0.2) is 48.5 Å². The lowest BCUT2D eigenvalue weighted by atomic mass is 10.2. The van der Waals surface area contributed by atoms with Gasteiger partial charge in [-0.15, -0.1) is 0 Å². The van der Waals surface area contributed by atoms with E-state index in [1.165, 1.54) is 0 Å². The number of nitrogens with zero attached hydrogens (tertiary/aromatic N) is 2. The minimum absolute atomic E-state index is 0.468. The third-order valence-electron chi connectivity index (χ3n) is 4.63. The summed E-state index contributed by atoms with van der Waals surface area (Å²) in [6.45, 7) is 6.34. The number of rotatable bonds is 5. The van der Waals surface area contributed by atoms with Gasteiger partial charge >= 0.3 is 11.8 Å². The molecule has 0 radical (unpaired) electrons. The van der Waals surface area contributed by atoms with Crippen LogP contribution in [0.2, 0.25) is 0 Å². The quantitative estimate of drug-likeness (QED) is 0.777. The summed E-state index contributed by atoms with van der Waals surface area (Å²) in [6, 6.07) is 14.6. The summed E-state index contributed by atoms with van der Waals surface area (Å²) in [4.78, 5) is 29.1. The van der Waals surface area contributed by atoms with Crippen molar-refractivity contribution in [3.8, 4) is 5.75 Å². The average molecular weight is 382 g/mol. The van der Waals surface area contributed by atoms with Crippen LogP contribution < -0.4 is 20.3 Å². The number of amides is 2. The van der Waals surface area contributed by atoms with Crippen LogP contribution in [0.5, 0.6) is 5.75 Å². The van der Waals surface area contributed by atoms with E-state index in [1.54, 1.807) is 18.2 Å². The maximum Gasteiger partial charge on any atom is 0.314 e. The first-order valence-electron chi connectivity index (χ1n) is 9.44. The van der Waals surface area contributed by atoms with Gasteiger partial charge in [0.2, 0.25) is 0 Å². The van der Waals surface area contributed by atoms with Crippen LogP contribution in [-0.2, 0) is 9.59 Å². The molecule has 7 nitrogen and oxygen atoms in total. The Balaban J connectivity index is 1.57. The van der Waals surface area contributed by atoms with Crippen LogP contribution in [0.3, 0.4) is 0 Å². The Kier molecular flexibility index (Phi) is 6.49. The van der Waals surface area contributed by atoms with Gasteiger partial charge in [0.05, 0.1) is 12.3 Å². The summed E-state index contributed by atoms with van der Waals surface area (Å²) < 4.78 is 5.46. The molecule has 28 heavy (non-hydrogen) atoms. The standard InChI is InChI=1S/C21H26N4O3/c1-3-28-19-7-5-4-6-18(19)23-21(27)20(26)22-16-8-10-17(11-9-16)25-14-12-24(2)13-15-25/h4-11H,3,12-15H2,1-2H3,(H,22,26)(H,23,27). The number of carbonyl (C=O) groups is 2. The normalized spacial score (nSPS) is 14.4. The SMILES string of the molecule is CCOc1ccccc1NC(=O)C(=O)Nc1ccc(N2CCN(C)CC2)cc1. The Morgan fingerprint density at radius 2 is 1.57 bits per heavy atom. The smallest absolute Gasteiger partial charge is 0.314 e. The monoisotopic (exact) mass is 382 g/mol. The highest BCUT2D eigenvalue weighted by Crippen LogP contribution is 2.24. The molecule has 0 bridgehead atoms. The lowest BCUT2D eigenvalue weighted by Gasteiger charge is -2.34. The molecule has 1 saturated heterocycles. The molecular formula is C21H26N4O3. The third kappa shape index (κ3) is 5.01. The minimum Gasteiger partial charge on any atom is -0.492 e. The number of piperazine rings is 1. The lowest BCUT2D eigenvalue weighted by molar-refractivity contribution is -0.133. The van der Waals surface area contributed by atoms with Gasteiger partial charge in [0.15, 0.2) is 0 Å². The minimum atomic E-state index is -0.740. The summed E-state index contributed by atoms with van der Waals surface area (Å²) in [5.74, 6) is -0.934. The van der Waals surface area contributed by atoms with Crippen LogP contribution in [-0.4, -0.2) is 56.5 Å². The summed E-state index contributed by atoms with van der Waals surface area (Å²) >= 11 is 0. The number of ether oxygens (including phenoxy) is 1. The van der Waals surface area contributed by atoms with E-state index in [-0.39, 0.29) is 0 Å². The van der Waals surface area contributed by atoms with Crippen molar-refractivity contribution in [1.29, 1.82) is 0 Å². The number of hydrogen-bond acceptors (Lipinski definition) is 5. The van der Waals surface area contributed by atoms with Crippen LogP contribution >= 0.6 is 0 Å². The molecule has 0 aliphatic carbocycles. The van der Waals surface area contributed by atoms with E-state index >= 15 is 0 Å².